The van der Waals surface area contributed by atoms with Crippen LogP contribution in [0.5, 0.6) is 0 Å². The molecule has 0 aliphatic rings. The maximum Gasteiger partial charge on any atom is 0.294 e. The van der Waals surface area contributed by atoms with Crippen LogP contribution in [0, 0.1) is 21.4 Å². The van der Waals surface area contributed by atoms with E-state index in [2.05, 4.69) is 10.3 Å². The van der Waals surface area contributed by atoms with Crippen LogP contribution in [-0.4, -0.2) is 9.91 Å². The molecule has 0 fully saturated rings. The van der Waals surface area contributed by atoms with Crippen molar-refractivity contribution < 1.29 is 4.92 Å². The molecule has 0 saturated heterocycles. The largest absolute Gasteiger partial charge is 0.335 e. The van der Waals surface area contributed by atoms with E-state index in [4.69, 9.17) is 5.26 Å². The molecule has 18 heavy (non-hydrogen) atoms. The van der Waals surface area contributed by atoms with Crippen molar-refractivity contribution in [2.24, 2.45) is 0 Å². The molecule has 0 bridgehead atoms. The van der Waals surface area contributed by atoms with Gasteiger partial charge in [-0.3, -0.25) is 10.1 Å². The van der Waals surface area contributed by atoms with Gasteiger partial charge in [0.1, 0.15) is 11.5 Å². The number of pyridine rings is 1. The average molecular weight is 240 g/mol. The molecule has 0 aliphatic heterocycles. The van der Waals surface area contributed by atoms with Crippen LogP contribution < -0.4 is 5.32 Å². The third-order valence-corrected chi connectivity index (χ3v) is 2.25. The molecule has 88 valence electrons. The summed E-state index contributed by atoms with van der Waals surface area (Å²) < 4.78 is 0. The van der Waals surface area contributed by atoms with Crippen LogP contribution in [0.25, 0.3) is 0 Å². The van der Waals surface area contributed by atoms with Crippen molar-refractivity contribution in [2.75, 3.05) is 5.32 Å². The molecule has 1 aromatic heterocycles. The van der Waals surface area contributed by atoms with Gasteiger partial charge in [0, 0.05) is 12.3 Å². The van der Waals surface area contributed by atoms with Crippen LogP contribution in [0.15, 0.2) is 42.6 Å². The number of nitriles is 1. The lowest BCUT2D eigenvalue weighted by Crippen LogP contribution is -1.98. The zero-order valence-electron chi connectivity index (χ0n) is 9.20. The lowest BCUT2D eigenvalue weighted by molar-refractivity contribution is -0.383. The van der Waals surface area contributed by atoms with Crippen molar-refractivity contribution in [1.82, 2.24) is 4.98 Å². The monoisotopic (exact) mass is 240 g/mol. The number of benzene rings is 1. The number of nitro groups is 1. The van der Waals surface area contributed by atoms with Crippen LogP contribution in [0.3, 0.4) is 0 Å². The molecule has 2 rings (SSSR count). The van der Waals surface area contributed by atoms with E-state index in [1.54, 1.807) is 24.4 Å². The van der Waals surface area contributed by atoms with Gasteiger partial charge >= 0.3 is 0 Å². The predicted octanol–water partition coefficient (Wildman–Crippen LogP) is 2.61. The third-order valence-electron chi connectivity index (χ3n) is 2.25. The lowest BCUT2D eigenvalue weighted by Gasteiger charge is -2.05. The maximum absolute atomic E-state index is 10.9. The predicted molar refractivity (Wildman–Crippen MR) is 65.3 cm³/mol. The van der Waals surface area contributed by atoms with Gasteiger partial charge in [0.05, 0.1) is 16.6 Å². The molecule has 0 atom stereocenters. The van der Waals surface area contributed by atoms with Crippen LogP contribution in [0.4, 0.5) is 17.2 Å². The molecule has 6 nitrogen and oxygen atoms in total. The number of nitro benzene ring substituents is 1. The zero-order valence-corrected chi connectivity index (χ0v) is 9.20. The Morgan fingerprint density at radius 3 is 2.78 bits per heavy atom. The van der Waals surface area contributed by atoms with Gasteiger partial charge in [0.25, 0.3) is 5.69 Å². The number of aromatic nitrogens is 1. The van der Waals surface area contributed by atoms with Gasteiger partial charge < -0.3 is 5.32 Å². The summed E-state index contributed by atoms with van der Waals surface area (Å²) >= 11 is 0. The highest BCUT2D eigenvalue weighted by Gasteiger charge is 2.14. The van der Waals surface area contributed by atoms with Crippen molar-refractivity contribution in [3.05, 3.63) is 58.3 Å². The Balaban J connectivity index is 2.39. The van der Waals surface area contributed by atoms with E-state index < -0.39 is 4.92 Å². The van der Waals surface area contributed by atoms with Gasteiger partial charge in [-0.2, -0.15) is 5.26 Å². The van der Waals surface area contributed by atoms with Crippen molar-refractivity contribution in [3.8, 4) is 6.07 Å². The maximum atomic E-state index is 10.9. The van der Waals surface area contributed by atoms with E-state index in [1.807, 2.05) is 6.07 Å². The minimum atomic E-state index is -0.536. The average Bonchev–Trinajstić information content (AvgIpc) is 2.40. The Kier molecular flexibility index (Phi) is 3.16. The quantitative estimate of drug-likeness (QED) is 0.657. The van der Waals surface area contributed by atoms with E-state index in [1.165, 1.54) is 18.2 Å². The summed E-state index contributed by atoms with van der Waals surface area (Å²) in [5.41, 5.74) is 0.394. The Labute approximate surface area is 103 Å². The van der Waals surface area contributed by atoms with Gasteiger partial charge in [-0.1, -0.05) is 6.07 Å². The van der Waals surface area contributed by atoms with E-state index in [0.29, 0.717) is 11.5 Å². The second kappa shape index (κ2) is 4.93. The first-order chi connectivity index (χ1) is 8.70. The molecule has 1 aromatic carbocycles. The van der Waals surface area contributed by atoms with E-state index in [-0.39, 0.29) is 11.3 Å². The normalized spacial score (nSPS) is 9.50. The second-order valence-corrected chi connectivity index (χ2v) is 3.44. The molecule has 0 spiro atoms. The number of nitrogens with one attached hydrogen (secondary N) is 1. The SMILES string of the molecule is N#Cc1ccc(Nc2ccccn2)c([N+](=O)[O-])c1. The topological polar surface area (TPSA) is 91.8 Å². The smallest absolute Gasteiger partial charge is 0.294 e. The Hall–Kier alpha value is -2.94. The highest BCUT2D eigenvalue weighted by atomic mass is 16.6. The second-order valence-electron chi connectivity index (χ2n) is 3.44. The summed E-state index contributed by atoms with van der Waals surface area (Å²) in [7, 11) is 0. The van der Waals surface area contributed by atoms with Crippen LogP contribution in [0.2, 0.25) is 0 Å². The van der Waals surface area contributed by atoms with Crippen molar-refractivity contribution >= 4 is 17.2 Å². The van der Waals surface area contributed by atoms with E-state index in [9.17, 15) is 10.1 Å². The molecule has 0 unspecified atom stereocenters. The number of hydrogen-bond acceptors (Lipinski definition) is 5. The fourth-order valence-electron chi connectivity index (χ4n) is 1.43. The number of hydrogen-bond donors (Lipinski definition) is 1. The summed E-state index contributed by atoms with van der Waals surface area (Å²) in [6.07, 6.45) is 1.58. The molecule has 0 radical (unpaired) electrons. The summed E-state index contributed by atoms with van der Waals surface area (Å²) in [6.45, 7) is 0. The number of nitrogens with zero attached hydrogens (tertiary/aromatic N) is 3. The first-order valence-electron chi connectivity index (χ1n) is 5.07. The third kappa shape index (κ3) is 2.41. The Bertz CT molecular complexity index is 620. The zero-order chi connectivity index (χ0) is 13.0. The molecule has 6 heteroatoms. The molecule has 0 aliphatic carbocycles. The first-order valence-corrected chi connectivity index (χ1v) is 5.07. The van der Waals surface area contributed by atoms with E-state index in [0.717, 1.165) is 0 Å². The van der Waals surface area contributed by atoms with Gasteiger partial charge in [0.15, 0.2) is 0 Å². The molecular weight excluding hydrogens is 232 g/mol. The molecule has 0 saturated carbocycles. The molecule has 0 amide bonds. The lowest BCUT2D eigenvalue weighted by atomic mass is 10.2. The van der Waals surface area contributed by atoms with Crippen LogP contribution >= 0.6 is 0 Å². The molecular formula is C12H8N4O2. The van der Waals surface area contributed by atoms with Gasteiger partial charge in [-0.25, -0.2) is 4.98 Å². The fourth-order valence-corrected chi connectivity index (χ4v) is 1.43. The van der Waals surface area contributed by atoms with Gasteiger partial charge in [0.2, 0.25) is 0 Å². The summed E-state index contributed by atoms with van der Waals surface area (Å²) in [4.78, 5) is 14.4. The van der Waals surface area contributed by atoms with Crippen molar-refractivity contribution in [2.45, 2.75) is 0 Å². The summed E-state index contributed by atoms with van der Waals surface area (Å²) in [5.74, 6) is 0.505. The van der Waals surface area contributed by atoms with Gasteiger partial charge in [-0.15, -0.1) is 0 Å². The summed E-state index contributed by atoms with van der Waals surface area (Å²) in [5, 5.41) is 22.5. The summed E-state index contributed by atoms with van der Waals surface area (Å²) in [6, 6.07) is 11.3. The first kappa shape index (κ1) is 11.5. The minimum Gasteiger partial charge on any atom is -0.335 e. The molecule has 2 aromatic rings. The van der Waals surface area contributed by atoms with E-state index >= 15 is 0 Å². The number of anilines is 2. The van der Waals surface area contributed by atoms with Crippen LogP contribution in [0.1, 0.15) is 5.56 Å². The van der Waals surface area contributed by atoms with Crippen molar-refractivity contribution in [1.29, 1.82) is 5.26 Å². The fraction of sp³-hybridized carbons (Fsp3) is 0. The number of rotatable bonds is 3. The molecule has 1 heterocycles. The minimum absolute atomic E-state index is 0.153. The standard InChI is InChI=1S/C12H8N4O2/c13-8-9-4-5-10(11(7-9)16(17)18)15-12-3-1-2-6-14-12/h1-7H,(H,14,15). The highest BCUT2D eigenvalue weighted by Crippen LogP contribution is 2.27. The Morgan fingerprint density at radius 1 is 1.33 bits per heavy atom. The van der Waals surface area contributed by atoms with Crippen molar-refractivity contribution in [3.63, 3.8) is 0 Å². The molecule has 1 N–H and O–H groups in total. The van der Waals surface area contributed by atoms with Crippen LogP contribution in [-0.2, 0) is 0 Å². The Morgan fingerprint density at radius 2 is 2.17 bits per heavy atom. The highest BCUT2D eigenvalue weighted by molar-refractivity contribution is 5.69. The van der Waals surface area contributed by atoms with Gasteiger partial charge in [-0.05, 0) is 24.3 Å².